The lowest BCUT2D eigenvalue weighted by molar-refractivity contribution is 0.0995. The first-order valence-electron chi connectivity index (χ1n) is 6.23. The average Bonchev–Trinajstić information content (AvgIpc) is 2.95. The van der Waals surface area contributed by atoms with Gasteiger partial charge in [0.2, 0.25) is 0 Å². The zero-order chi connectivity index (χ0) is 14.4. The Morgan fingerprint density at radius 3 is 2.65 bits per heavy atom. The van der Waals surface area contributed by atoms with E-state index in [-0.39, 0.29) is 18.3 Å². The predicted molar refractivity (Wildman–Crippen MR) is 73.6 cm³/mol. The SMILES string of the molecule is CCc1ccc(C(=O)Nc2ccc(OCC#N)cc2)o1. The number of nitriles is 1. The minimum absolute atomic E-state index is 0.00209. The summed E-state index contributed by atoms with van der Waals surface area (Å²) in [5.74, 6) is 1.34. The number of benzene rings is 1. The van der Waals surface area contributed by atoms with E-state index in [9.17, 15) is 4.79 Å². The van der Waals surface area contributed by atoms with Crippen molar-refractivity contribution in [1.82, 2.24) is 0 Å². The molecule has 0 aliphatic rings. The molecule has 20 heavy (non-hydrogen) atoms. The Bertz CT molecular complexity index is 623. The number of hydrogen-bond acceptors (Lipinski definition) is 4. The molecule has 0 bridgehead atoms. The van der Waals surface area contributed by atoms with Gasteiger partial charge in [0.15, 0.2) is 12.4 Å². The van der Waals surface area contributed by atoms with Gasteiger partial charge in [0.25, 0.3) is 5.91 Å². The second-order valence-corrected chi connectivity index (χ2v) is 4.04. The highest BCUT2D eigenvalue weighted by Gasteiger charge is 2.10. The summed E-state index contributed by atoms with van der Waals surface area (Å²) in [6, 6.07) is 12.1. The Balaban J connectivity index is 1.99. The number of amides is 1. The molecule has 5 heteroatoms. The van der Waals surface area contributed by atoms with Crippen molar-refractivity contribution in [2.24, 2.45) is 0 Å². The summed E-state index contributed by atoms with van der Waals surface area (Å²) < 4.78 is 10.5. The van der Waals surface area contributed by atoms with Crippen molar-refractivity contribution in [1.29, 1.82) is 5.26 Å². The Morgan fingerprint density at radius 1 is 1.30 bits per heavy atom. The van der Waals surface area contributed by atoms with Crippen molar-refractivity contribution < 1.29 is 13.9 Å². The van der Waals surface area contributed by atoms with Gasteiger partial charge in [-0.15, -0.1) is 0 Å². The van der Waals surface area contributed by atoms with E-state index in [2.05, 4.69) is 5.32 Å². The van der Waals surface area contributed by atoms with Crippen LogP contribution in [0.2, 0.25) is 0 Å². The van der Waals surface area contributed by atoms with Gasteiger partial charge in [0.05, 0.1) is 0 Å². The highest BCUT2D eigenvalue weighted by molar-refractivity contribution is 6.02. The van der Waals surface area contributed by atoms with Gasteiger partial charge in [-0.2, -0.15) is 5.26 Å². The maximum absolute atomic E-state index is 11.9. The van der Waals surface area contributed by atoms with E-state index in [1.807, 2.05) is 13.0 Å². The first-order chi connectivity index (χ1) is 9.72. The summed E-state index contributed by atoms with van der Waals surface area (Å²) >= 11 is 0. The second-order valence-electron chi connectivity index (χ2n) is 4.04. The number of nitrogens with zero attached hydrogens (tertiary/aromatic N) is 1. The standard InChI is InChI=1S/C15H14N2O3/c1-2-12-7-8-14(20-12)15(18)17-11-3-5-13(6-4-11)19-10-9-16/h3-8H,2,10H2,1H3,(H,17,18). The van der Waals surface area contributed by atoms with Crippen LogP contribution in [-0.4, -0.2) is 12.5 Å². The van der Waals surface area contributed by atoms with Crippen molar-refractivity contribution >= 4 is 11.6 Å². The number of carbonyl (C=O) groups is 1. The number of aryl methyl sites for hydroxylation is 1. The van der Waals surface area contributed by atoms with E-state index in [0.29, 0.717) is 11.4 Å². The molecule has 0 aliphatic heterocycles. The lowest BCUT2D eigenvalue weighted by Crippen LogP contribution is -2.10. The first kappa shape index (κ1) is 13.7. The summed E-state index contributed by atoms with van der Waals surface area (Å²) in [6.07, 6.45) is 0.748. The van der Waals surface area contributed by atoms with E-state index in [1.54, 1.807) is 36.4 Å². The molecule has 1 aromatic heterocycles. The number of ether oxygens (including phenoxy) is 1. The summed E-state index contributed by atoms with van der Waals surface area (Å²) in [4.78, 5) is 11.9. The van der Waals surface area contributed by atoms with E-state index in [4.69, 9.17) is 14.4 Å². The van der Waals surface area contributed by atoms with E-state index in [0.717, 1.165) is 12.2 Å². The molecular weight excluding hydrogens is 256 g/mol. The summed E-state index contributed by atoms with van der Waals surface area (Å²) in [6.45, 7) is 1.96. The molecule has 2 rings (SSSR count). The Labute approximate surface area is 116 Å². The fraction of sp³-hybridized carbons (Fsp3) is 0.200. The third kappa shape index (κ3) is 3.39. The Hall–Kier alpha value is -2.74. The van der Waals surface area contributed by atoms with Crippen LogP contribution in [0.25, 0.3) is 0 Å². The molecule has 0 fully saturated rings. The summed E-state index contributed by atoms with van der Waals surface area (Å²) in [5, 5.41) is 11.1. The number of furan rings is 1. The molecule has 5 nitrogen and oxygen atoms in total. The van der Waals surface area contributed by atoms with Crippen LogP contribution in [0, 0.1) is 11.3 Å². The molecular formula is C15H14N2O3. The third-order valence-electron chi connectivity index (χ3n) is 2.65. The van der Waals surface area contributed by atoms with Crippen LogP contribution >= 0.6 is 0 Å². The van der Waals surface area contributed by atoms with Gasteiger partial charge in [-0.05, 0) is 36.4 Å². The number of rotatable bonds is 5. The van der Waals surface area contributed by atoms with Crippen molar-refractivity contribution in [3.05, 3.63) is 47.9 Å². The van der Waals surface area contributed by atoms with Gasteiger partial charge in [0, 0.05) is 12.1 Å². The highest BCUT2D eigenvalue weighted by atomic mass is 16.5. The number of carbonyl (C=O) groups excluding carboxylic acids is 1. The smallest absolute Gasteiger partial charge is 0.291 e. The molecule has 0 spiro atoms. The average molecular weight is 270 g/mol. The molecule has 102 valence electrons. The van der Waals surface area contributed by atoms with Crippen LogP contribution in [0.3, 0.4) is 0 Å². The van der Waals surface area contributed by atoms with Gasteiger partial charge in [-0.25, -0.2) is 0 Å². The van der Waals surface area contributed by atoms with Crippen molar-refractivity contribution in [2.45, 2.75) is 13.3 Å². The van der Waals surface area contributed by atoms with Crippen molar-refractivity contribution in [3.63, 3.8) is 0 Å². The lowest BCUT2D eigenvalue weighted by atomic mass is 10.3. The summed E-state index contributed by atoms with van der Waals surface area (Å²) in [7, 11) is 0. The Morgan fingerprint density at radius 2 is 2.05 bits per heavy atom. The maximum atomic E-state index is 11.9. The molecule has 2 aromatic rings. The molecule has 1 heterocycles. The van der Waals surface area contributed by atoms with Crippen molar-refractivity contribution in [2.75, 3.05) is 11.9 Å². The number of hydrogen-bond donors (Lipinski definition) is 1. The predicted octanol–water partition coefficient (Wildman–Crippen LogP) is 3.00. The Kier molecular flexibility index (Phi) is 4.40. The zero-order valence-electron chi connectivity index (χ0n) is 11.1. The fourth-order valence-electron chi connectivity index (χ4n) is 1.63. The van der Waals surface area contributed by atoms with Gasteiger partial charge in [0.1, 0.15) is 17.6 Å². The maximum Gasteiger partial charge on any atom is 0.291 e. The van der Waals surface area contributed by atoms with Gasteiger partial charge in [-0.1, -0.05) is 6.92 Å². The van der Waals surface area contributed by atoms with Crippen LogP contribution in [0.15, 0.2) is 40.8 Å². The van der Waals surface area contributed by atoms with E-state index >= 15 is 0 Å². The fourth-order valence-corrected chi connectivity index (χ4v) is 1.63. The summed E-state index contributed by atoms with van der Waals surface area (Å²) in [5.41, 5.74) is 0.633. The third-order valence-corrected chi connectivity index (χ3v) is 2.65. The van der Waals surface area contributed by atoms with Gasteiger partial charge in [-0.3, -0.25) is 4.79 Å². The topological polar surface area (TPSA) is 75.3 Å². The van der Waals surface area contributed by atoms with Crippen LogP contribution in [-0.2, 0) is 6.42 Å². The normalized spacial score (nSPS) is 9.80. The van der Waals surface area contributed by atoms with Gasteiger partial charge < -0.3 is 14.5 Å². The zero-order valence-corrected chi connectivity index (χ0v) is 11.1. The van der Waals surface area contributed by atoms with Crippen LogP contribution in [0.1, 0.15) is 23.2 Å². The molecule has 0 saturated heterocycles. The van der Waals surface area contributed by atoms with Crippen LogP contribution < -0.4 is 10.1 Å². The van der Waals surface area contributed by atoms with Crippen LogP contribution in [0.4, 0.5) is 5.69 Å². The molecule has 0 unspecified atom stereocenters. The van der Waals surface area contributed by atoms with Crippen LogP contribution in [0.5, 0.6) is 5.75 Å². The molecule has 0 atom stereocenters. The largest absolute Gasteiger partial charge is 0.479 e. The van der Waals surface area contributed by atoms with E-state index < -0.39 is 0 Å². The minimum atomic E-state index is -0.296. The molecule has 0 aliphatic carbocycles. The monoisotopic (exact) mass is 270 g/mol. The van der Waals surface area contributed by atoms with E-state index in [1.165, 1.54) is 0 Å². The molecule has 1 amide bonds. The molecule has 1 N–H and O–H groups in total. The number of nitrogens with one attached hydrogen (secondary N) is 1. The lowest BCUT2D eigenvalue weighted by Gasteiger charge is -2.05. The van der Waals surface area contributed by atoms with Gasteiger partial charge >= 0.3 is 0 Å². The quantitative estimate of drug-likeness (QED) is 0.906. The minimum Gasteiger partial charge on any atom is -0.479 e. The number of anilines is 1. The second kappa shape index (κ2) is 6.43. The molecule has 0 saturated carbocycles. The molecule has 1 aromatic carbocycles. The molecule has 0 radical (unpaired) electrons. The van der Waals surface area contributed by atoms with Crippen molar-refractivity contribution in [3.8, 4) is 11.8 Å². The first-order valence-corrected chi connectivity index (χ1v) is 6.23. The highest BCUT2D eigenvalue weighted by Crippen LogP contribution is 2.17.